The summed E-state index contributed by atoms with van der Waals surface area (Å²) >= 11 is 2.02. The summed E-state index contributed by atoms with van der Waals surface area (Å²) in [6, 6.07) is 6.57. The van der Waals surface area contributed by atoms with E-state index in [0.717, 1.165) is 18.7 Å². The number of halogens is 2. The van der Waals surface area contributed by atoms with Crippen LogP contribution >= 0.6 is 11.8 Å². The van der Waals surface area contributed by atoms with E-state index in [0.29, 0.717) is 4.75 Å². The number of hydrogen-bond donors (Lipinski definition) is 1. The monoisotopic (exact) mass is 271 g/mol. The lowest BCUT2D eigenvalue weighted by Crippen LogP contribution is -2.32. The number of benzene rings is 1. The minimum atomic E-state index is -2.37. The van der Waals surface area contributed by atoms with Gasteiger partial charge in [-0.05, 0) is 31.1 Å². The van der Waals surface area contributed by atoms with Crippen LogP contribution < -0.4 is 5.32 Å². The van der Waals surface area contributed by atoms with Gasteiger partial charge in [0.15, 0.2) is 0 Å². The number of alkyl halides is 2. The molecule has 0 bridgehead atoms. The maximum absolute atomic E-state index is 12.4. The van der Waals surface area contributed by atoms with Crippen LogP contribution in [-0.4, -0.2) is 17.0 Å². The van der Waals surface area contributed by atoms with Crippen molar-refractivity contribution in [1.82, 2.24) is 5.32 Å². The van der Waals surface area contributed by atoms with Crippen molar-refractivity contribution in [3.8, 4) is 0 Å². The van der Waals surface area contributed by atoms with Gasteiger partial charge < -0.3 is 5.32 Å². The lowest BCUT2D eigenvalue weighted by molar-refractivity contribution is 0.151. The quantitative estimate of drug-likeness (QED) is 0.868. The number of hydrogen-bond acceptors (Lipinski definition) is 2. The third-order valence-electron chi connectivity index (χ3n) is 3.36. The van der Waals surface area contributed by atoms with Crippen LogP contribution in [0, 0.1) is 0 Å². The van der Waals surface area contributed by atoms with Gasteiger partial charge in [0.2, 0.25) is 0 Å². The summed E-state index contributed by atoms with van der Waals surface area (Å²) in [4.78, 5) is 0. The number of nitrogens with one attached hydrogen (secondary N) is 1. The van der Waals surface area contributed by atoms with Gasteiger partial charge in [0, 0.05) is 23.4 Å². The van der Waals surface area contributed by atoms with Crippen molar-refractivity contribution in [3.63, 3.8) is 0 Å². The smallest absolute Gasteiger partial charge is 0.263 e. The van der Waals surface area contributed by atoms with E-state index in [-0.39, 0.29) is 5.56 Å². The molecule has 1 aromatic carbocycles. The molecule has 100 valence electrons. The summed E-state index contributed by atoms with van der Waals surface area (Å²) in [5.74, 6) is 1.25. The van der Waals surface area contributed by atoms with E-state index in [1.165, 1.54) is 30.7 Å². The topological polar surface area (TPSA) is 12.0 Å². The second-order valence-electron chi connectivity index (χ2n) is 5.05. The van der Waals surface area contributed by atoms with E-state index in [1.54, 1.807) is 12.1 Å². The Kier molecular flexibility index (Phi) is 4.62. The SMILES string of the molecule is CC1(CNCc2ccc(C(F)F)cc2)CCCS1. The van der Waals surface area contributed by atoms with Crippen molar-refractivity contribution in [2.24, 2.45) is 0 Å². The van der Waals surface area contributed by atoms with Crippen molar-refractivity contribution in [3.05, 3.63) is 35.4 Å². The highest BCUT2D eigenvalue weighted by atomic mass is 32.2. The Balaban J connectivity index is 1.79. The van der Waals surface area contributed by atoms with E-state index in [4.69, 9.17) is 0 Å². The van der Waals surface area contributed by atoms with Gasteiger partial charge in [-0.25, -0.2) is 8.78 Å². The van der Waals surface area contributed by atoms with Gasteiger partial charge in [0.1, 0.15) is 0 Å². The maximum Gasteiger partial charge on any atom is 0.263 e. The highest BCUT2D eigenvalue weighted by Gasteiger charge is 2.28. The third-order valence-corrected chi connectivity index (χ3v) is 4.90. The molecule has 1 atom stereocenters. The van der Waals surface area contributed by atoms with Crippen LogP contribution in [0.3, 0.4) is 0 Å². The summed E-state index contributed by atoms with van der Waals surface area (Å²) in [6.07, 6.45) is 0.182. The first kappa shape index (κ1) is 13.8. The largest absolute Gasteiger partial charge is 0.311 e. The van der Waals surface area contributed by atoms with Crippen molar-refractivity contribution in [2.45, 2.75) is 37.5 Å². The molecule has 18 heavy (non-hydrogen) atoms. The van der Waals surface area contributed by atoms with Crippen LogP contribution in [0.4, 0.5) is 8.78 Å². The number of rotatable bonds is 5. The second-order valence-corrected chi connectivity index (χ2v) is 6.73. The van der Waals surface area contributed by atoms with Crippen molar-refractivity contribution in [2.75, 3.05) is 12.3 Å². The molecule has 4 heteroatoms. The Bertz CT molecular complexity index is 372. The Hall–Kier alpha value is -0.610. The van der Waals surface area contributed by atoms with E-state index >= 15 is 0 Å². The summed E-state index contributed by atoms with van der Waals surface area (Å²) in [6.45, 7) is 4.02. The molecule has 1 aromatic rings. The molecule has 0 spiro atoms. The van der Waals surface area contributed by atoms with Crippen molar-refractivity contribution < 1.29 is 8.78 Å². The summed E-state index contributed by atoms with van der Waals surface area (Å²) < 4.78 is 25.1. The summed E-state index contributed by atoms with van der Waals surface area (Å²) in [5, 5.41) is 3.42. The molecule has 1 fully saturated rings. The fraction of sp³-hybridized carbons (Fsp3) is 0.571. The van der Waals surface area contributed by atoms with E-state index < -0.39 is 6.43 Å². The highest BCUT2D eigenvalue weighted by Crippen LogP contribution is 2.36. The first-order chi connectivity index (χ1) is 8.59. The average molecular weight is 271 g/mol. The minimum Gasteiger partial charge on any atom is -0.311 e. The third kappa shape index (κ3) is 3.69. The van der Waals surface area contributed by atoms with Crippen LogP contribution in [0.25, 0.3) is 0 Å². The fourth-order valence-corrected chi connectivity index (χ4v) is 3.50. The van der Waals surface area contributed by atoms with Crippen LogP contribution in [0.5, 0.6) is 0 Å². The molecule has 1 aliphatic heterocycles. The molecule has 1 unspecified atom stereocenters. The molecule has 1 saturated heterocycles. The molecule has 1 aliphatic rings. The van der Waals surface area contributed by atoms with Gasteiger partial charge in [-0.1, -0.05) is 24.3 Å². The summed E-state index contributed by atoms with van der Waals surface area (Å²) in [5.41, 5.74) is 1.16. The first-order valence-corrected chi connectivity index (χ1v) is 7.29. The predicted molar refractivity (Wildman–Crippen MR) is 73.2 cm³/mol. The molecular formula is C14H19F2NS. The van der Waals surface area contributed by atoms with Crippen molar-refractivity contribution in [1.29, 1.82) is 0 Å². The van der Waals surface area contributed by atoms with E-state index in [1.807, 2.05) is 11.8 Å². The van der Waals surface area contributed by atoms with Crippen LogP contribution in [0.1, 0.15) is 37.3 Å². The molecule has 1 nitrogen and oxygen atoms in total. The molecule has 0 radical (unpaired) electrons. The van der Waals surface area contributed by atoms with Gasteiger partial charge >= 0.3 is 0 Å². The summed E-state index contributed by atoms with van der Waals surface area (Å²) in [7, 11) is 0. The van der Waals surface area contributed by atoms with Gasteiger partial charge in [-0.2, -0.15) is 11.8 Å². The fourth-order valence-electron chi connectivity index (χ4n) is 2.23. The van der Waals surface area contributed by atoms with Crippen molar-refractivity contribution >= 4 is 11.8 Å². The maximum atomic E-state index is 12.4. The van der Waals surface area contributed by atoms with Gasteiger partial charge in [-0.15, -0.1) is 0 Å². The molecule has 1 N–H and O–H groups in total. The Morgan fingerprint density at radius 2 is 2.06 bits per heavy atom. The molecule has 1 heterocycles. The molecule has 0 amide bonds. The molecule has 0 saturated carbocycles. The zero-order chi connectivity index (χ0) is 13.0. The lowest BCUT2D eigenvalue weighted by atomic mass is 10.1. The first-order valence-electron chi connectivity index (χ1n) is 6.31. The Morgan fingerprint density at radius 3 is 2.61 bits per heavy atom. The highest BCUT2D eigenvalue weighted by molar-refractivity contribution is 8.00. The molecule has 0 aliphatic carbocycles. The Labute approximate surface area is 111 Å². The van der Waals surface area contributed by atoms with E-state index in [9.17, 15) is 8.78 Å². The molecule has 2 rings (SSSR count). The zero-order valence-corrected chi connectivity index (χ0v) is 11.4. The standard InChI is InChI=1S/C14H19F2NS/c1-14(7-2-8-18-14)10-17-9-11-3-5-12(6-4-11)13(15)16/h3-6,13,17H,2,7-10H2,1H3. The van der Waals surface area contributed by atoms with Crippen LogP contribution in [0.15, 0.2) is 24.3 Å². The average Bonchev–Trinajstić information content (AvgIpc) is 2.77. The Morgan fingerprint density at radius 1 is 1.33 bits per heavy atom. The van der Waals surface area contributed by atoms with Gasteiger partial charge in [0.25, 0.3) is 6.43 Å². The zero-order valence-electron chi connectivity index (χ0n) is 10.6. The normalized spacial score (nSPS) is 23.8. The molecular weight excluding hydrogens is 252 g/mol. The predicted octanol–water partition coefficient (Wildman–Crippen LogP) is 4.00. The van der Waals surface area contributed by atoms with E-state index in [2.05, 4.69) is 12.2 Å². The van der Waals surface area contributed by atoms with Crippen LogP contribution in [-0.2, 0) is 6.54 Å². The van der Waals surface area contributed by atoms with Gasteiger partial charge in [-0.3, -0.25) is 0 Å². The van der Waals surface area contributed by atoms with Gasteiger partial charge in [0.05, 0.1) is 0 Å². The van der Waals surface area contributed by atoms with Crippen LogP contribution in [0.2, 0.25) is 0 Å². The molecule has 0 aromatic heterocycles. The second kappa shape index (κ2) is 6.02. The minimum absolute atomic E-state index is 0.0945. The number of thioether (sulfide) groups is 1. The lowest BCUT2D eigenvalue weighted by Gasteiger charge is -2.23.